The lowest BCUT2D eigenvalue weighted by Crippen LogP contribution is -2.09. The second-order valence-electron chi connectivity index (χ2n) is 5.95. The van der Waals surface area contributed by atoms with Crippen molar-refractivity contribution in [2.45, 2.75) is 36.8 Å². The van der Waals surface area contributed by atoms with Gasteiger partial charge in [-0.25, -0.2) is 9.98 Å². The second kappa shape index (κ2) is 7.14. The van der Waals surface area contributed by atoms with E-state index in [9.17, 15) is 17.4 Å². The summed E-state index contributed by atoms with van der Waals surface area (Å²) in [6, 6.07) is 2.61. The van der Waals surface area contributed by atoms with Crippen LogP contribution in [0, 0.1) is 0 Å². The molecule has 1 fully saturated rings. The number of hydrogen-bond acceptors (Lipinski definition) is 5. The Morgan fingerprint density at radius 2 is 2.04 bits per heavy atom. The van der Waals surface area contributed by atoms with Gasteiger partial charge in [0.2, 0.25) is 0 Å². The van der Waals surface area contributed by atoms with Gasteiger partial charge in [0.15, 0.2) is 5.82 Å². The lowest BCUT2D eigenvalue weighted by atomic mass is 10.2. The Labute approximate surface area is 151 Å². The van der Waals surface area contributed by atoms with Crippen LogP contribution in [0.1, 0.15) is 42.5 Å². The molecule has 0 spiro atoms. The molecule has 2 aromatic rings. The van der Waals surface area contributed by atoms with Crippen LogP contribution < -0.4 is 5.73 Å². The van der Waals surface area contributed by atoms with Crippen molar-refractivity contribution in [1.29, 1.82) is 0 Å². The third-order valence-corrected chi connectivity index (χ3v) is 5.31. The van der Waals surface area contributed by atoms with E-state index in [1.165, 1.54) is 6.21 Å². The topological polar surface area (TPSA) is 81.2 Å². The van der Waals surface area contributed by atoms with Crippen molar-refractivity contribution in [2.24, 2.45) is 4.99 Å². The molecule has 0 amide bonds. The Bertz CT molecular complexity index is 879. The molecule has 0 saturated heterocycles. The predicted molar refractivity (Wildman–Crippen MR) is 94.1 cm³/mol. The Balaban J connectivity index is 1.91. The number of hydrogen-bond donors (Lipinski definition) is 1. The average molecular weight is 382 g/mol. The number of rotatable bonds is 5. The van der Waals surface area contributed by atoms with Crippen LogP contribution >= 0.6 is 0 Å². The SMILES string of the molecule is CCS(=O)c1cc(C2CC2)cnc1/N=C/c1cnc(C(F)(F)F)cc1N. The van der Waals surface area contributed by atoms with Crippen molar-refractivity contribution in [3.63, 3.8) is 0 Å². The number of nitrogens with zero attached hydrogens (tertiary/aromatic N) is 3. The lowest BCUT2D eigenvalue weighted by molar-refractivity contribution is -0.141. The molecule has 1 unspecified atom stereocenters. The van der Waals surface area contributed by atoms with Crippen LogP contribution in [-0.2, 0) is 17.0 Å². The van der Waals surface area contributed by atoms with Crippen molar-refractivity contribution >= 4 is 28.5 Å². The molecule has 9 heteroatoms. The fraction of sp³-hybridized carbons (Fsp3) is 0.353. The highest BCUT2D eigenvalue weighted by Crippen LogP contribution is 2.41. The van der Waals surface area contributed by atoms with Gasteiger partial charge in [0.05, 0.1) is 15.7 Å². The summed E-state index contributed by atoms with van der Waals surface area (Å²) in [5.74, 6) is 1.15. The van der Waals surface area contributed by atoms with Gasteiger partial charge in [-0.1, -0.05) is 6.92 Å². The number of nitrogens with two attached hydrogens (primary N) is 1. The molecular weight excluding hydrogens is 365 g/mol. The number of anilines is 1. The smallest absolute Gasteiger partial charge is 0.398 e. The molecule has 0 bridgehead atoms. The van der Waals surface area contributed by atoms with Gasteiger partial charge in [0.25, 0.3) is 0 Å². The minimum atomic E-state index is -4.56. The third-order valence-electron chi connectivity index (χ3n) is 3.99. The molecule has 0 aliphatic heterocycles. The summed E-state index contributed by atoms with van der Waals surface area (Å²) in [4.78, 5) is 12.4. The van der Waals surface area contributed by atoms with Crippen LogP contribution in [0.4, 0.5) is 24.7 Å². The third kappa shape index (κ3) is 4.09. The van der Waals surface area contributed by atoms with Gasteiger partial charge in [-0.15, -0.1) is 0 Å². The fourth-order valence-electron chi connectivity index (χ4n) is 2.39. The molecule has 3 rings (SSSR count). The van der Waals surface area contributed by atoms with Crippen LogP contribution in [0.25, 0.3) is 0 Å². The number of halogens is 3. The summed E-state index contributed by atoms with van der Waals surface area (Å²) >= 11 is 0. The zero-order valence-corrected chi connectivity index (χ0v) is 14.8. The molecule has 2 aromatic heterocycles. The summed E-state index contributed by atoms with van der Waals surface area (Å²) in [5, 5.41) is 0. The number of aliphatic imine (C=N–C) groups is 1. The molecule has 0 aromatic carbocycles. The Kier molecular flexibility index (Phi) is 5.08. The Hall–Kier alpha value is -2.29. The van der Waals surface area contributed by atoms with E-state index < -0.39 is 22.7 Å². The van der Waals surface area contributed by atoms with Crippen LogP contribution in [-0.4, -0.2) is 26.1 Å². The largest absolute Gasteiger partial charge is 0.433 e. The van der Waals surface area contributed by atoms with Crippen molar-refractivity contribution < 1.29 is 17.4 Å². The molecule has 5 nitrogen and oxygen atoms in total. The van der Waals surface area contributed by atoms with E-state index in [2.05, 4.69) is 15.0 Å². The minimum absolute atomic E-state index is 0.0937. The monoisotopic (exact) mass is 382 g/mol. The first-order valence-electron chi connectivity index (χ1n) is 8.04. The standard InChI is InChI=1S/C17H17F3N4OS/c1-2-26(25)14-5-11(10-3-4-10)7-23-16(14)24-9-12-8-22-15(6-13(12)21)17(18,19)20/h5-10H,2-4H2,1H3,(H2,21,22)/b24-9+. The second-order valence-corrected chi connectivity index (χ2v) is 7.66. The molecule has 138 valence electrons. The van der Waals surface area contributed by atoms with Gasteiger partial charge in [0.1, 0.15) is 5.69 Å². The van der Waals surface area contributed by atoms with Crippen LogP contribution in [0.15, 0.2) is 34.4 Å². The van der Waals surface area contributed by atoms with E-state index in [1.54, 1.807) is 13.1 Å². The van der Waals surface area contributed by atoms with E-state index in [1.807, 2.05) is 6.07 Å². The number of pyridine rings is 2. The zero-order valence-electron chi connectivity index (χ0n) is 14.0. The van der Waals surface area contributed by atoms with Crippen LogP contribution in [0.2, 0.25) is 0 Å². The first-order valence-corrected chi connectivity index (χ1v) is 9.36. The van der Waals surface area contributed by atoms with Gasteiger partial charge in [-0.2, -0.15) is 13.2 Å². The van der Waals surface area contributed by atoms with Gasteiger partial charge in [-0.05, 0) is 36.5 Å². The highest BCUT2D eigenvalue weighted by atomic mass is 32.2. The maximum atomic E-state index is 12.6. The molecule has 1 saturated carbocycles. The molecule has 2 heterocycles. The molecule has 1 aliphatic rings. The number of aromatic nitrogens is 2. The zero-order chi connectivity index (χ0) is 18.9. The molecule has 1 atom stereocenters. The number of alkyl halides is 3. The van der Waals surface area contributed by atoms with Crippen molar-refractivity contribution in [3.8, 4) is 0 Å². The van der Waals surface area contributed by atoms with Crippen LogP contribution in [0.3, 0.4) is 0 Å². The Morgan fingerprint density at radius 1 is 1.31 bits per heavy atom. The first-order chi connectivity index (χ1) is 12.3. The van der Waals surface area contributed by atoms with Gasteiger partial charge in [0, 0.05) is 35.6 Å². The first kappa shape index (κ1) is 18.5. The fourth-order valence-corrected chi connectivity index (χ4v) is 3.28. The van der Waals surface area contributed by atoms with E-state index in [0.29, 0.717) is 16.6 Å². The maximum absolute atomic E-state index is 12.6. The van der Waals surface area contributed by atoms with Gasteiger partial charge in [-0.3, -0.25) is 9.19 Å². The van der Waals surface area contributed by atoms with Crippen molar-refractivity contribution in [2.75, 3.05) is 11.5 Å². The maximum Gasteiger partial charge on any atom is 0.433 e. The quantitative estimate of drug-likeness (QED) is 0.797. The summed E-state index contributed by atoms with van der Waals surface area (Å²) < 4.78 is 50.2. The molecule has 1 aliphatic carbocycles. The van der Waals surface area contributed by atoms with E-state index >= 15 is 0 Å². The lowest BCUT2D eigenvalue weighted by Gasteiger charge is -2.08. The summed E-state index contributed by atoms with van der Waals surface area (Å²) in [6.45, 7) is 1.80. The Morgan fingerprint density at radius 3 is 2.62 bits per heavy atom. The van der Waals surface area contributed by atoms with Crippen LogP contribution in [0.5, 0.6) is 0 Å². The predicted octanol–water partition coefficient (Wildman–Crippen LogP) is 3.83. The summed E-state index contributed by atoms with van der Waals surface area (Å²) in [5.41, 5.74) is 5.78. The van der Waals surface area contributed by atoms with Gasteiger partial charge >= 0.3 is 6.18 Å². The summed E-state index contributed by atoms with van der Waals surface area (Å²) in [6.07, 6.45) is 1.63. The van der Waals surface area contributed by atoms with Gasteiger partial charge < -0.3 is 5.73 Å². The molecule has 2 N–H and O–H groups in total. The highest BCUT2D eigenvalue weighted by molar-refractivity contribution is 7.85. The molecule has 26 heavy (non-hydrogen) atoms. The van der Waals surface area contributed by atoms with Crippen molar-refractivity contribution in [1.82, 2.24) is 9.97 Å². The van der Waals surface area contributed by atoms with E-state index in [4.69, 9.17) is 5.73 Å². The van der Waals surface area contributed by atoms with E-state index in [-0.39, 0.29) is 17.1 Å². The molecule has 0 radical (unpaired) electrons. The van der Waals surface area contributed by atoms with Crippen molar-refractivity contribution in [3.05, 3.63) is 41.3 Å². The summed E-state index contributed by atoms with van der Waals surface area (Å²) in [7, 11) is -1.25. The molecular formula is C17H17F3N4OS. The average Bonchev–Trinajstić information content (AvgIpc) is 3.44. The van der Waals surface area contributed by atoms with E-state index in [0.717, 1.165) is 30.7 Å². The minimum Gasteiger partial charge on any atom is -0.398 e. The highest BCUT2D eigenvalue weighted by Gasteiger charge is 2.32. The normalized spacial score (nSPS) is 16.2. The number of nitrogen functional groups attached to an aromatic ring is 1.